The van der Waals surface area contributed by atoms with Crippen molar-refractivity contribution in [3.63, 3.8) is 0 Å². The first-order chi connectivity index (χ1) is 21.8. The lowest BCUT2D eigenvalue weighted by atomic mass is 9.90. The van der Waals surface area contributed by atoms with E-state index in [0.717, 1.165) is 71.7 Å². The molecule has 2 aliphatic heterocycles. The fourth-order valence-electron chi connectivity index (χ4n) is 7.01. The maximum atomic E-state index is 15.0. The van der Waals surface area contributed by atoms with Crippen LogP contribution in [0.25, 0.3) is 21.9 Å². The highest BCUT2D eigenvalue weighted by atomic mass is 19.1. The number of piperidine rings is 1. The second kappa shape index (κ2) is 10.5. The highest BCUT2D eigenvalue weighted by Crippen LogP contribution is 2.65. The number of hydrogen-bond acceptors (Lipinski definition) is 7. The van der Waals surface area contributed by atoms with Gasteiger partial charge in [-0.25, -0.2) is 18.6 Å². The number of rotatable bonds is 8. The number of hydrogen-bond donors (Lipinski definition) is 1. The van der Waals surface area contributed by atoms with Gasteiger partial charge in [-0.2, -0.15) is 10.1 Å². The number of fused-ring (bicyclic) bond motifs is 2. The molecule has 1 saturated carbocycles. The SMILES string of the molecule is Cn1ncc2cc(COc3nc(N4CCC5(CC4)CC5c4nc5ccc(C(=O)O)cc5n4C[C@@H]4CCO4)c(F)cc3F)ccc21. The molecule has 2 saturated heterocycles. The van der Waals surface area contributed by atoms with Crippen LogP contribution in [0, 0.1) is 17.0 Å². The lowest BCUT2D eigenvalue weighted by molar-refractivity contribution is -0.0590. The van der Waals surface area contributed by atoms with E-state index in [2.05, 4.69) is 14.6 Å². The lowest BCUT2D eigenvalue weighted by Gasteiger charge is -2.34. The normalized spacial score (nSPS) is 20.6. The molecule has 3 aromatic heterocycles. The largest absolute Gasteiger partial charge is 0.478 e. The number of anilines is 1. The van der Waals surface area contributed by atoms with Gasteiger partial charge >= 0.3 is 5.97 Å². The molecule has 12 heteroatoms. The molecule has 5 heterocycles. The number of ether oxygens (including phenoxy) is 2. The number of carboxylic acid groups (broad SMARTS) is 1. The van der Waals surface area contributed by atoms with Crippen molar-refractivity contribution in [2.75, 3.05) is 24.6 Å². The fourth-order valence-corrected chi connectivity index (χ4v) is 7.01. The number of aryl methyl sites for hydroxylation is 1. The summed E-state index contributed by atoms with van der Waals surface area (Å²) >= 11 is 0. The van der Waals surface area contributed by atoms with Crippen LogP contribution in [0.5, 0.6) is 5.88 Å². The maximum absolute atomic E-state index is 15.0. The lowest BCUT2D eigenvalue weighted by Crippen LogP contribution is -2.36. The Balaban J connectivity index is 0.987. The maximum Gasteiger partial charge on any atom is 0.335 e. The number of imidazole rings is 1. The molecule has 2 atom stereocenters. The molecule has 0 bridgehead atoms. The minimum absolute atomic E-state index is 0.0203. The van der Waals surface area contributed by atoms with Crippen molar-refractivity contribution in [3.8, 4) is 5.88 Å². The van der Waals surface area contributed by atoms with Crippen LogP contribution < -0.4 is 9.64 Å². The summed E-state index contributed by atoms with van der Waals surface area (Å²) < 4.78 is 45.2. The number of carbonyl (C=O) groups is 1. The molecule has 2 aromatic carbocycles. The van der Waals surface area contributed by atoms with Gasteiger partial charge < -0.3 is 24.0 Å². The summed E-state index contributed by atoms with van der Waals surface area (Å²) in [7, 11) is 1.87. The summed E-state index contributed by atoms with van der Waals surface area (Å²) in [6, 6.07) is 11.7. The predicted octanol–water partition coefficient (Wildman–Crippen LogP) is 5.44. The molecule has 0 radical (unpaired) electrons. The van der Waals surface area contributed by atoms with E-state index in [1.807, 2.05) is 30.1 Å². The van der Waals surface area contributed by atoms with Gasteiger partial charge in [0, 0.05) is 44.1 Å². The zero-order valence-corrected chi connectivity index (χ0v) is 24.7. The number of halogens is 2. The third-order valence-electron chi connectivity index (χ3n) is 9.83. The van der Waals surface area contributed by atoms with Crippen LogP contribution in [0.2, 0.25) is 0 Å². The smallest absolute Gasteiger partial charge is 0.335 e. The second-order valence-corrected chi connectivity index (χ2v) is 12.5. The van der Waals surface area contributed by atoms with E-state index < -0.39 is 17.6 Å². The van der Waals surface area contributed by atoms with Gasteiger partial charge in [0.15, 0.2) is 17.5 Å². The van der Waals surface area contributed by atoms with Crippen LogP contribution in [0.4, 0.5) is 14.6 Å². The number of aromatic carboxylic acids is 1. The van der Waals surface area contributed by atoms with Crippen LogP contribution in [0.3, 0.4) is 0 Å². The highest BCUT2D eigenvalue weighted by molar-refractivity contribution is 5.92. The van der Waals surface area contributed by atoms with Crippen molar-refractivity contribution in [1.29, 1.82) is 0 Å². The Kier molecular flexibility index (Phi) is 6.52. The molecular formula is C33H32F2N6O4. The van der Waals surface area contributed by atoms with E-state index in [4.69, 9.17) is 14.5 Å². The van der Waals surface area contributed by atoms with Crippen molar-refractivity contribution in [3.05, 3.63) is 77.2 Å². The predicted molar refractivity (Wildman–Crippen MR) is 161 cm³/mol. The minimum Gasteiger partial charge on any atom is -0.478 e. The molecule has 1 unspecified atom stereocenters. The summed E-state index contributed by atoms with van der Waals surface area (Å²) in [4.78, 5) is 22.8. The molecule has 1 spiro atoms. The standard InChI is InChI=1S/C33H32F2N6O4/c1-39-27-5-2-19(12-21(27)16-36-39)18-45-31-25(35)14-24(34)30(38-31)40-9-7-33(8-10-40)15-23(33)29-37-26-4-3-20(32(42)43)13-28(26)41(29)17-22-6-11-44-22/h2-5,12-14,16,22-23H,6-11,15,17-18H2,1H3,(H,42,43)/t22-,23?/m0/s1. The van der Waals surface area contributed by atoms with E-state index in [-0.39, 0.29) is 41.3 Å². The third-order valence-corrected chi connectivity index (χ3v) is 9.83. The van der Waals surface area contributed by atoms with Gasteiger partial charge in [0.2, 0.25) is 0 Å². The molecule has 3 aliphatic rings. The minimum atomic E-state index is -0.970. The molecule has 8 rings (SSSR count). The van der Waals surface area contributed by atoms with Gasteiger partial charge in [-0.15, -0.1) is 0 Å². The van der Waals surface area contributed by atoms with E-state index in [9.17, 15) is 14.3 Å². The van der Waals surface area contributed by atoms with Gasteiger partial charge in [-0.1, -0.05) is 6.07 Å². The number of benzene rings is 2. The Bertz CT molecular complexity index is 1960. The summed E-state index contributed by atoms with van der Waals surface area (Å²) in [6.07, 6.45) is 5.38. The van der Waals surface area contributed by atoms with Crippen LogP contribution in [-0.2, 0) is 24.9 Å². The first-order valence-electron chi connectivity index (χ1n) is 15.3. The number of nitrogens with zero attached hydrogens (tertiary/aromatic N) is 6. The van der Waals surface area contributed by atoms with Crippen LogP contribution in [0.15, 0.2) is 48.7 Å². The molecule has 3 fully saturated rings. The van der Waals surface area contributed by atoms with Gasteiger partial charge in [0.05, 0.1) is 41.0 Å². The van der Waals surface area contributed by atoms with Crippen molar-refractivity contribution in [1.82, 2.24) is 24.3 Å². The van der Waals surface area contributed by atoms with Gasteiger partial charge in [0.1, 0.15) is 12.4 Å². The summed E-state index contributed by atoms with van der Waals surface area (Å²) in [5.74, 6) is -1.48. The Morgan fingerprint density at radius 2 is 1.91 bits per heavy atom. The van der Waals surface area contributed by atoms with Crippen molar-refractivity contribution in [2.24, 2.45) is 12.5 Å². The average Bonchev–Trinajstić information content (AvgIpc) is 3.38. The number of aromatic nitrogens is 5. The van der Waals surface area contributed by atoms with Crippen molar-refractivity contribution >= 4 is 33.7 Å². The second-order valence-electron chi connectivity index (χ2n) is 12.5. The zero-order valence-electron chi connectivity index (χ0n) is 24.7. The Morgan fingerprint density at radius 1 is 1.09 bits per heavy atom. The number of pyridine rings is 1. The topological polar surface area (TPSA) is 108 Å². The third kappa shape index (κ3) is 4.87. The summed E-state index contributed by atoms with van der Waals surface area (Å²) in [5.41, 5.74) is 3.65. The van der Waals surface area contributed by atoms with Gasteiger partial charge in [-0.05, 0) is 67.0 Å². The Labute approximate surface area is 257 Å². The van der Waals surface area contributed by atoms with Gasteiger partial charge in [0.25, 0.3) is 5.88 Å². The summed E-state index contributed by atoms with van der Waals surface area (Å²) in [6.45, 7) is 2.59. The molecule has 45 heavy (non-hydrogen) atoms. The Hall–Kier alpha value is -4.58. The van der Waals surface area contributed by atoms with E-state index >= 15 is 4.39 Å². The van der Waals surface area contributed by atoms with E-state index in [1.54, 1.807) is 29.1 Å². The monoisotopic (exact) mass is 614 g/mol. The van der Waals surface area contributed by atoms with Gasteiger partial charge in [-0.3, -0.25) is 4.68 Å². The number of carboxylic acids is 1. The highest BCUT2D eigenvalue weighted by Gasteiger charge is 2.57. The van der Waals surface area contributed by atoms with Crippen molar-refractivity contribution < 1.29 is 28.2 Å². The van der Waals surface area contributed by atoms with Crippen LogP contribution >= 0.6 is 0 Å². The van der Waals surface area contributed by atoms with Crippen LogP contribution in [-0.4, -0.2) is 61.2 Å². The first kappa shape index (κ1) is 27.9. The molecule has 0 amide bonds. The van der Waals surface area contributed by atoms with E-state index in [1.165, 1.54) is 0 Å². The molecule has 232 valence electrons. The molecule has 10 nitrogen and oxygen atoms in total. The summed E-state index contributed by atoms with van der Waals surface area (Å²) in [5, 5.41) is 14.8. The molecule has 5 aromatic rings. The van der Waals surface area contributed by atoms with E-state index in [0.29, 0.717) is 19.6 Å². The Morgan fingerprint density at radius 3 is 2.67 bits per heavy atom. The molecule has 1 N–H and O–H groups in total. The molecular weight excluding hydrogens is 582 g/mol. The fraction of sp³-hybridized carbons (Fsp3) is 0.394. The van der Waals surface area contributed by atoms with Crippen molar-refractivity contribution in [2.45, 2.75) is 50.9 Å². The van der Waals surface area contributed by atoms with Crippen LogP contribution in [0.1, 0.15) is 53.3 Å². The molecule has 1 aliphatic carbocycles. The quantitative estimate of drug-likeness (QED) is 0.246. The zero-order chi connectivity index (χ0) is 30.9. The first-order valence-corrected chi connectivity index (χ1v) is 15.3. The average molecular weight is 615 g/mol.